The Kier molecular flexibility index (Phi) is 11.5. The van der Waals surface area contributed by atoms with Crippen molar-refractivity contribution in [2.45, 2.75) is 9.79 Å². The van der Waals surface area contributed by atoms with Gasteiger partial charge in [0.2, 0.25) is 6.71 Å². The Morgan fingerprint density at radius 3 is 1.24 bits per heavy atom. The monoisotopic (exact) mass is 1140 g/mol. The van der Waals surface area contributed by atoms with Gasteiger partial charge in [-0.3, -0.25) is 0 Å². The van der Waals surface area contributed by atoms with Gasteiger partial charge in [-0.1, -0.05) is 193 Å². The van der Waals surface area contributed by atoms with Gasteiger partial charge >= 0.3 is 0 Å². The molecule has 9 heteroatoms. The van der Waals surface area contributed by atoms with E-state index < -0.39 is 0 Å². The van der Waals surface area contributed by atoms with E-state index in [9.17, 15) is 0 Å². The van der Waals surface area contributed by atoms with Crippen LogP contribution in [0.2, 0.25) is 0 Å². The van der Waals surface area contributed by atoms with Crippen molar-refractivity contribution in [3.63, 3.8) is 0 Å². The molecule has 5 heterocycles. The van der Waals surface area contributed by atoms with Crippen LogP contribution in [0.3, 0.4) is 0 Å². The molecular formula is C78H51B2N5S2. The molecule has 1 aromatic heterocycles. The van der Waals surface area contributed by atoms with Crippen LogP contribution in [0.4, 0.5) is 85.3 Å². The van der Waals surface area contributed by atoms with Gasteiger partial charge in [0.1, 0.15) is 0 Å². The summed E-state index contributed by atoms with van der Waals surface area (Å²) in [6, 6.07) is 115. The van der Waals surface area contributed by atoms with Gasteiger partial charge in [0.15, 0.2) is 0 Å². The van der Waals surface area contributed by atoms with E-state index in [1.165, 1.54) is 85.5 Å². The van der Waals surface area contributed by atoms with Crippen molar-refractivity contribution in [3.8, 4) is 0 Å². The first-order chi connectivity index (χ1) is 43.2. The van der Waals surface area contributed by atoms with Crippen LogP contribution in [-0.2, 0) is 0 Å². The molecule has 0 spiro atoms. The molecule has 406 valence electrons. The van der Waals surface area contributed by atoms with Crippen LogP contribution in [0, 0.1) is 0 Å². The molecule has 4 aliphatic heterocycles. The molecule has 0 saturated carbocycles. The Bertz CT molecular complexity index is 4930. The van der Waals surface area contributed by atoms with Crippen LogP contribution >= 0.6 is 23.1 Å². The number of para-hydroxylation sites is 8. The highest BCUT2D eigenvalue weighted by Gasteiger charge is 2.48. The predicted molar refractivity (Wildman–Crippen MR) is 373 cm³/mol. The molecule has 14 aromatic rings. The molecule has 0 fully saturated rings. The number of thiophene rings is 1. The molecule has 18 rings (SSSR count). The second-order valence-corrected chi connectivity index (χ2v) is 24.9. The second-order valence-electron chi connectivity index (χ2n) is 22.7. The van der Waals surface area contributed by atoms with Crippen molar-refractivity contribution in [1.82, 2.24) is 0 Å². The van der Waals surface area contributed by atoms with Crippen molar-refractivity contribution < 1.29 is 0 Å². The van der Waals surface area contributed by atoms with Crippen LogP contribution < -0.4 is 57.3 Å². The number of anilines is 15. The van der Waals surface area contributed by atoms with Gasteiger partial charge in [-0.2, -0.15) is 0 Å². The van der Waals surface area contributed by atoms with Gasteiger partial charge in [0.05, 0.1) is 11.4 Å². The quantitative estimate of drug-likeness (QED) is 0.133. The largest absolute Gasteiger partial charge is 0.311 e. The topological polar surface area (TPSA) is 16.2 Å². The number of rotatable bonds is 9. The molecule has 0 unspecified atom stereocenters. The van der Waals surface area contributed by atoms with Gasteiger partial charge in [0.25, 0.3) is 6.71 Å². The summed E-state index contributed by atoms with van der Waals surface area (Å²) in [5.74, 6) is 0. The van der Waals surface area contributed by atoms with Gasteiger partial charge < -0.3 is 24.5 Å². The predicted octanol–water partition coefficient (Wildman–Crippen LogP) is 17.8. The van der Waals surface area contributed by atoms with Crippen molar-refractivity contribution in [3.05, 3.63) is 309 Å². The molecule has 0 atom stereocenters. The average Bonchev–Trinajstić information content (AvgIpc) is 0.805. The van der Waals surface area contributed by atoms with Gasteiger partial charge in [0, 0.05) is 104 Å². The Morgan fingerprint density at radius 1 is 0.264 bits per heavy atom. The molecular weight excluding hydrogens is 1090 g/mol. The smallest absolute Gasteiger partial charge is 0.252 e. The lowest BCUT2D eigenvalue weighted by atomic mass is 9.31. The third-order valence-corrected chi connectivity index (χ3v) is 20.2. The fourth-order valence-electron chi connectivity index (χ4n) is 14.5. The molecule has 5 nitrogen and oxygen atoms in total. The first-order valence-electron chi connectivity index (χ1n) is 29.8. The summed E-state index contributed by atoms with van der Waals surface area (Å²) in [6.45, 7) is -0.204. The zero-order chi connectivity index (χ0) is 57.1. The molecule has 0 saturated heterocycles. The fraction of sp³-hybridized carbons (Fsp3) is 0. The molecule has 0 radical (unpaired) electrons. The highest BCUT2D eigenvalue weighted by atomic mass is 32.2. The lowest BCUT2D eigenvalue weighted by Crippen LogP contribution is -2.64. The summed E-state index contributed by atoms with van der Waals surface area (Å²) in [5, 5.41) is 2.52. The lowest BCUT2D eigenvalue weighted by Gasteiger charge is -2.46. The number of benzene rings is 13. The van der Waals surface area contributed by atoms with Gasteiger partial charge in [-0.05, 0) is 161 Å². The summed E-state index contributed by atoms with van der Waals surface area (Å²) in [7, 11) is 0. The summed E-state index contributed by atoms with van der Waals surface area (Å²) in [4.78, 5) is 15.1. The second kappa shape index (κ2) is 20.1. The van der Waals surface area contributed by atoms with E-state index in [0.717, 1.165) is 62.6 Å². The van der Waals surface area contributed by atoms with E-state index >= 15 is 0 Å². The molecule has 0 bridgehead atoms. The van der Waals surface area contributed by atoms with Gasteiger partial charge in [-0.15, -0.1) is 11.3 Å². The molecule has 0 amide bonds. The van der Waals surface area contributed by atoms with E-state index in [1.54, 1.807) is 0 Å². The number of nitrogens with zero attached hydrogens (tertiary/aromatic N) is 5. The number of hydrogen-bond donors (Lipinski definition) is 0. The first kappa shape index (κ1) is 49.9. The molecule has 13 aromatic carbocycles. The van der Waals surface area contributed by atoms with Crippen molar-refractivity contribution in [2.75, 3.05) is 24.5 Å². The van der Waals surface area contributed by atoms with Crippen molar-refractivity contribution >= 4 is 175 Å². The zero-order valence-electron chi connectivity index (χ0n) is 47.2. The van der Waals surface area contributed by atoms with E-state index in [0.29, 0.717) is 0 Å². The van der Waals surface area contributed by atoms with E-state index in [1.807, 2.05) is 23.1 Å². The van der Waals surface area contributed by atoms with Crippen LogP contribution in [0.5, 0.6) is 0 Å². The summed E-state index contributed by atoms with van der Waals surface area (Å²) in [5.41, 5.74) is 24.8. The zero-order valence-corrected chi connectivity index (χ0v) is 48.8. The van der Waals surface area contributed by atoms with E-state index in [-0.39, 0.29) is 13.4 Å². The van der Waals surface area contributed by atoms with Crippen molar-refractivity contribution in [1.29, 1.82) is 0 Å². The first-order valence-corrected chi connectivity index (χ1v) is 31.4. The van der Waals surface area contributed by atoms with Crippen molar-refractivity contribution in [2.24, 2.45) is 0 Å². The van der Waals surface area contributed by atoms with Gasteiger partial charge in [-0.25, -0.2) is 0 Å². The maximum Gasteiger partial charge on any atom is 0.252 e. The van der Waals surface area contributed by atoms with Crippen LogP contribution in [0.15, 0.2) is 319 Å². The fourth-order valence-corrected chi connectivity index (χ4v) is 16.8. The number of fused-ring (bicyclic) bond motifs is 11. The SMILES string of the molecule is c1ccc(N(c2ccccc2)c2cc3c4c(c2)N(c2ccccc2)c2ccccc2B4c2cc4c(cc2S3)N(c2cccc3sc5ccccc5c23)c2cc(N(c3ccccc3)c3ccccc3)cc3c2B4c2ccccc2N3c2ccccc2)cc1. The maximum atomic E-state index is 2.66. The average molecular weight is 1140 g/mol. The summed E-state index contributed by atoms with van der Waals surface area (Å²) in [6.07, 6.45) is 0. The van der Waals surface area contributed by atoms with E-state index in [4.69, 9.17) is 0 Å². The van der Waals surface area contributed by atoms with Crippen LogP contribution in [-0.4, -0.2) is 13.4 Å². The normalized spacial score (nSPS) is 13.1. The Balaban J connectivity index is 0.952. The molecule has 87 heavy (non-hydrogen) atoms. The van der Waals surface area contributed by atoms with E-state index in [2.05, 4.69) is 334 Å². The highest BCUT2D eigenvalue weighted by Crippen LogP contribution is 2.53. The minimum Gasteiger partial charge on any atom is -0.311 e. The molecule has 0 N–H and O–H groups in total. The van der Waals surface area contributed by atoms with Crippen LogP contribution in [0.25, 0.3) is 20.2 Å². The minimum atomic E-state index is -0.129. The number of hydrogen-bond acceptors (Lipinski definition) is 7. The third-order valence-electron chi connectivity index (χ3n) is 18.0. The third kappa shape index (κ3) is 7.83. The summed E-state index contributed by atoms with van der Waals surface area (Å²) >= 11 is 3.80. The maximum absolute atomic E-state index is 2.66. The minimum absolute atomic E-state index is 0.0745. The Morgan fingerprint density at radius 2 is 0.690 bits per heavy atom. The lowest BCUT2D eigenvalue weighted by molar-refractivity contribution is 1.22. The highest BCUT2D eigenvalue weighted by molar-refractivity contribution is 8.00. The standard InChI is InChI=1S/C78H51B2N5S2/c1-7-26-52(27-8-1)81(53-28-9-2-10-29-53)58-46-69-77-70(47-58)85(67-43-25-45-73-76(67)60-38-19-24-44-72(60)86-73)68-51-74-64(50-63(68)79(77)61-39-20-22-41-65(61)83(69)56-34-15-5-16-35-56)80-62-40-21-23-42-66(62)84(57-36-17-6-18-37-57)71-48-59(49-75(87-74)78(71)80)82(54-30-11-3-12-31-54)55-32-13-4-14-33-55/h1-51H. The van der Waals surface area contributed by atoms with Crippen LogP contribution in [0.1, 0.15) is 0 Å². The Hall–Kier alpha value is -10.4. The Labute approximate surface area is 515 Å². The molecule has 4 aliphatic rings. The summed E-state index contributed by atoms with van der Waals surface area (Å²) < 4.78 is 2.54. The molecule has 0 aliphatic carbocycles.